The summed E-state index contributed by atoms with van der Waals surface area (Å²) in [7, 11) is 0. The fourth-order valence-electron chi connectivity index (χ4n) is 2.43. The number of carbonyl (C=O) groups excluding carboxylic acids is 2. The molecule has 6 heteroatoms. The molecule has 0 radical (unpaired) electrons. The molecular weight excluding hydrogens is 332 g/mol. The lowest BCUT2D eigenvalue weighted by atomic mass is 10.2. The van der Waals surface area contributed by atoms with Crippen LogP contribution in [0, 0.1) is 6.92 Å². The third-order valence-corrected chi connectivity index (χ3v) is 3.88. The van der Waals surface area contributed by atoms with Gasteiger partial charge in [0.2, 0.25) is 0 Å². The quantitative estimate of drug-likeness (QED) is 0.685. The molecule has 0 saturated heterocycles. The zero-order valence-electron chi connectivity index (χ0n) is 14.7. The number of fused-ring (bicyclic) bond motifs is 1. The van der Waals surface area contributed by atoms with E-state index in [9.17, 15) is 9.59 Å². The summed E-state index contributed by atoms with van der Waals surface area (Å²) in [5, 5.41) is 2.72. The maximum absolute atomic E-state index is 12.1. The molecule has 2 aromatic carbocycles. The van der Waals surface area contributed by atoms with E-state index in [1.165, 1.54) is 0 Å². The molecule has 0 aliphatic heterocycles. The smallest absolute Gasteiger partial charge is 0.307 e. The number of oxazole rings is 1. The number of aromatic nitrogens is 1. The minimum Gasteiger partial charge on any atom is -0.453 e. The Hall–Kier alpha value is -3.15. The summed E-state index contributed by atoms with van der Waals surface area (Å²) in [5.74, 6) is -0.372. The summed E-state index contributed by atoms with van der Waals surface area (Å²) in [6.45, 7) is 3.51. The molecule has 1 aromatic heterocycles. The average molecular weight is 352 g/mol. The van der Waals surface area contributed by atoms with Crippen molar-refractivity contribution in [2.75, 3.05) is 5.32 Å². The van der Waals surface area contributed by atoms with Crippen LogP contribution in [0.3, 0.4) is 0 Å². The van der Waals surface area contributed by atoms with Crippen LogP contribution in [0.25, 0.3) is 11.1 Å². The molecule has 0 aliphatic rings. The first-order valence-electron chi connectivity index (χ1n) is 8.43. The topological polar surface area (TPSA) is 81.4 Å². The van der Waals surface area contributed by atoms with Crippen molar-refractivity contribution in [3.8, 4) is 0 Å². The monoisotopic (exact) mass is 352 g/mol. The summed E-state index contributed by atoms with van der Waals surface area (Å²) in [6, 6.07) is 14.8. The second-order valence-electron chi connectivity index (χ2n) is 6.06. The molecule has 0 bridgehead atoms. The van der Waals surface area contributed by atoms with Crippen LogP contribution in [-0.2, 0) is 20.7 Å². The Bertz CT molecular complexity index is 882. The molecule has 3 rings (SSSR count). The number of hydrogen-bond acceptors (Lipinski definition) is 5. The SMILES string of the molecule is Cc1ccc(NC(=O)[C@@H](C)OC(=O)CCc2nc3ccccc3o2)cc1. The number of anilines is 1. The van der Waals surface area contributed by atoms with Gasteiger partial charge in [-0.2, -0.15) is 0 Å². The third-order valence-electron chi connectivity index (χ3n) is 3.88. The normalized spacial score (nSPS) is 11.9. The average Bonchev–Trinajstić information content (AvgIpc) is 3.05. The summed E-state index contributed by atoms with van der Waals surface area (Å²) < 4.78 is 10.7. The van der Waals surface area contributed by atoms with Crippen molar-refractivity contribution in [2.45, 2.75) is 32.8 Å². The number of ether oxygens (including phenoxy) is 1. The second kappa shape index (κ2) is 7.82. The van der Waals surface area contributed by atoms with Crippen LogP contribution in [0.2, 0.25) is 0 Å². The first kappa shape index (κ1) is 17.7. The van der Waals surface area contributed by atoms with Crippen molar-refractivity contribution in [1.29, 1.82) is 0 Å². The molecule has 3 aromatic rings. The predicted octanol–water partition coefficient (Wildman–Crippen LogP) is 3.64. The molecule has 26 heavy (non-hydrogen) atoms. The number of carbonyl (C=O) groups is 2. The second-order valence-corrected chi connectivity index (χ2v) is 6.06. The van der Waals surface area contributed by atoms with Crippen molar-refractivity contribution in [3.63, 3.8) is 0 Å². The number of rotatable bonds is 6. The maximum Gasteiger partial charge on any atom is 0.307 e. The van der Waals surface area contributed by atoms with E-state index in [2.05, 4.69) is 10.3 Å². The van der Waals surface area contributed by atoms with Crippen LogP contribution in [0.5, 0.6) is 0 Å². The van der Waals surface area contributed by atoms with Crippen LogP contribution in [0.1, 0.15) is 24.8 Å². The highest BCUT2D eigenvalue weighted by molar-refractivity contribution is 5.95. The van der Waals surface area contributed by atoms with Crippen molar-refractivity contribution in [3.05, 3.63) is 60.0 Å². The van der Waals surface area contributed by atoms with Gasteiger partial charge in [-0.1, -0.05) is 29.8 Å². The molecule has 0 fully saturated rings. The van der Waals surface area contributed by atoms with Gasteiger partial charge in [0, 0.05) is 12.1 Å². The zero-order valence-corrected chi connectivity index (χ0v) is 14.7. The van der Waals surface area contributed by atoms with Crippen LogP contribution in [-0.4, -0.2) is 23.0 Å². The summed E-state index contributed by atoms with van der Waals surface area (Å²) in [5.41, 5.74) is 3.19. The van der Waals surface area contributed by atoms with Gasteiger partial charge in [-0.25, -0.2) is 4.98 Å². The highest BCUT2D eigenvalue weighted by Crippen LogP contribution is 2.16. The van der Waals surface area contributed by atoms with Gasteiger partial charge < -0.3 is 14.5 Å². The Labute approximate surface area is 151 Å². The molecule has 1 amide bonds. The Morgan fingerprint density at radius 3 is 2.62 bits per heavy atom. The molecule has 6 nitrogen and oxygen atoms in total. The van der Waals surface area contributed by atoms with E-state index in [4.69, 9.17) is 9.15 Å². The summed E-state index contributed by atoms with van der Waals surface area (Å²) >= 11 is 0. The van der Waals surface area contributed by atoms with E-state index in [-0.39, 0.29) is 12.3 Å². The van der Waals surface area contributed by atoms with E-state index >= 15 is 0 Å². The Balaban J connectivity index is 1.48. The minimum absolute atomic E-state index is 0.0922. The van der Waals surface area contributed by atoms with Crippen LogP contribution >= 0.6 is 0 Å². The number of benzene rings is 2. The zero-order chi connectivity index (χ0) is 18.5. The van der Waals surface area contributed by atoms with Gasteiger partial charge in [-0.15, -0.1) is 0 Å². The van der Waals surface area contributed by atoms with E-state index in [0.717, 1.165) is 11.1 Å². The number of amides is 1. The van der Waals surface area contributed by atoms with Gasteiger partial charge in [0.1, 0.15) is 5.52 Å². The molecule has 134 valence electrons. The van der Waals surface area contributed by atoms with Crippen LogP contribution in [0.4, 0.5) is 5.69 Å². The Morgan fingerprint density at radius 2 is 1.88 bits per heavy atom. The highest BCUT2D eigenvalue weighted by Gasteiger charge is 2.18. The Kier molecular flexibility index (Phi) is 5.31. The van der Waals surface area contributed by atoms with E-state index in [1.807, 2.05) is 43.3 Å². The number of para-hydroxylation sites is 2. The van der Waals surface area contributed by atoms with Crippen molar-refractivity contribution in [2.24, 2.45) is 0 Å². The number of aryl methyl sites for hydroxylation is 2. The number of esters is 1. The molecule has 0 spiro atoms. The lowest BCUT2D eigenvalue weighted by molar-refractivity contribution is -0.153. The first-order chi connectivity index (χ1) is 12.5. The van der Waals surface area contributed by atoms with Gasteiger partial charge in [-0.05, 0) is 38.1 Å². The largest absolute Gasteiger partial charge is 0.453 e. The van der Waals surface area contributed by atoms with Gasteiger partial charge in [-0.3, -0.25) is 9.59 Å². The van der Waals surface area contributed by atoms with Crippen molar-refractivity contribution in [1.82, 2.24) is 4.98 Å². The predicted molar refractivity (Wildman–Crippen MR) is 97.7 cm³/mol. The fraction of sp³-hybridized carbons (Fsp3) is 0.250. The van der Waals surface area contributed by atoms with Crippen LogP contribution in [0.15, 0.2) is 52.9 Å². The van der Waals surface area contributed by atoms with E-state index in [0.29, 0.717) is 23.6 Å². The molecule has 0 aliphatic carbocycles. The van der Waals surface area contributed by atoms with Gasteiger partial charge in [0.25, 0.3) is 5.91 Å². The molecule has 1 atom stereocenters. The minimum atomic E-state index is -0.882. The lowest BCUT2D eigenvalue weighted by Crippen LogP contribution is -2.30. The van der Waals surface area contributed by atoms with Crippen molar-refractivity contribution >= 4 is 28.7 Å². The molecule has 0 unspecified atom stereocenters. The standard InChI is InChI=1S/C20H20N2O4/c1-13-7-9-15(10-8-13)21-20(24)14(2)25-19(23)12-11-18-22-16-5-3-4-6-17(16)26-18/h3-10,14H,11-12H2,1-2H3,(H,21,24)/t14-/m1/s1. The van der Waals surface area contributed by atoms with Gasteiger partial charge in [0.15, 0.2) is 17.6 Å². The summed E-state index contributed by atoms with van der Waals surface area (Å²) in [4.78, 5) is 28.4. The van der Waals surface area contributed by atoms with Gasteiger partial charge in [0.05, 0.1) is 6.42 Å². The molecule has 1 heterocycles. The summed E-state index contributed by atoms with van der Waals surface area (Å²) in [6.07, 6.45) is -0.471. The van der Waals surface area contributed by atoms with E-state index < -0.39 is 12.1 Å². The fourth-order valence-corrected chi connectivity index (χ4v) is 2.43. The third kappa shape index (κ3) is 4.47. The van der Waals surface area contributed by atoms with Crippen LogP contribution < -0.4 is 5.32 Å². The van der Waals surface area contributed by atoms with Crippen molar-refractivity contribution < 1.29 is 18.7 Å². The first-order valence-corrected chi connectivity index (χ1v) is 8.43. The number of nitrogens with zero attached hydrogens (tertiary/aromatic N) is 1. The lowest BCUT2D eigenvalue weighted by Gasteiger charge is -2.13. The number of hydrogen-bond donors (Lipinski definition) is 1. The van der Waals surface area contributed by atoms with E-state index in [1.54, 1.807) is 19.1 Å². The Morgan fingerprint density at radius 1 is 1.15 bits per heavy atom. The molecule has 1 N–H and O–H groups in total. The molecule has 0 saturated carbocycles. The maximum atomic E-state index is 12.1. The van der Waals surface area contributed by atoms with Gasteiger partial charge >= 0.3 is 5.97 Å². The highest BCUT2D eigenvalue weighted by atomic mass is 16.5. The number of nitrogens with one attached hydrogen (secondary N) is 1. The molecular formula is C20H20N2O4.